The molecular formula is C22H32N4O2. The van der Waals surface area contributed by atoms with Gasteiger partial charge in [0.2, 0.25) is 0 Å². The quantitative estimate of drug-likeness (QED) is 0.514. The fourth-order valence-corrected chi connectivity index (χ4v) is 2.90. The van der Waals surface area contributed by atoms with Crippen LogP contribution in [0.5, 0.6) is 11.5 Å². The first kappa shape index (κ1) is 21.6. The Balaban J connectivity index is 1.86. The Morgan fingerprint density at radius 3 is 2.18 bits per heavy atom. The number of methoxy groups -OCH3 is 1. The Labute approximate surface area is 168 Å². The number of rotatable bonds is 9. The van der Waals surface area contributed by atoms with Gasteiger partial charge < -0.3 is 25.0 Å². The van der Waals surface area contributed by atoms with E-state index in [4.69, 9.17) is 9.47 Å². The van der Waals surface area contributed by atoms with Crippen molar-refractivity contribution >= 4 is 5.96 Å². The number of likely N-dealkylation sites (N-methyl/N-ethyl adjacent to an activating group) is 1. The van der Waals surface area contributed by atoms with Crippen molar-refractivity contribution in [1.29, 1.82) is 0 Å². The zero-order valence-electron chi connectivity index (χ0n) is 17.5. The van der Waals surface area contributed by atoms with Crippen molar-refractivity contribution in [2.24, 2.45) is 4.99 Å². The highest BCUT2D eigenvalue weighted by Gasteiger charge is 2.15. The lowest BCUT2D eigenvalue weighted by molar-refractivity contribution is 0.213. The molecule has 2 rings (SSSR count). The molecule has 6 nitrogen and oxygen atoms in total. The lowest BCUT2D eigenvalue weighted by Crippen LogP contribution is -2.44. The van der Waals surface area contributed by atoms with Gasteiger partial charge in [0, 0.05) is 13.6 Å². The number of benzene rings is 2. The smallest absolute Gasteiger partial charge is 0.191 e. The van der Waals surface area contributed by atoms with Crippen LogP contribution in [0.4, 0.5) is 0 Å². The minimum absolute atomic E-state index is 0.0476. The van der Waals surface area contributed by atoms with Crippen molar-refractivity contribution in [1.82, 2.24) is 15.5 Å². The minimum atomic E-state index is -0.0476. The maximum absolute atomic E-state index is 5.99. The first-order valence-electron chi connectivity index (χ1n) is 9.50. The maximum Gasteiger partial charge on any atom is 0.191 e. The highest BCUT2D eigenvalue weighted by molar-refractivity contribution is 5.79. The molecule has 28 heavy (non-hydrogen) atoms. The van der Waals surface area contributed by atoms with Gasteiger partial charge in [-0.3, -0.25) is 4.99 Å². The summed E-state index contributed by atoms with van der Waals surface area (Å²) in [5.74, 6) is 2.21. The van der Waals surface area contributed by atoms with Crippen LogP contribution in [-0.4, -0.2) is 58.3 Å². The Bertz CT molecular complexity index is 734. The highest BCUT2D eigenvalue weighted by atomic mass is 16.5. The van der Waals surface area contributed by atoms with Crippen molar-refractivity contribution in [3.8, 4) is 11.5 Å². The second-order valence-electron chi connectivity index (χ2n) is 6.80. The van der Waals surface area contributed by atoms with Crippen LogP contribution in [0, 0.1) is 0 Å². The van der Waals surface area contributed by atoms with E-state index in [1.165, 1.54) is 5.56 Å². The van der Waals surface area contributed by atoms with Gasteiger partial charge in [-0.15, -0.1) is 0 Å². The molecule has 0 fully saturated rings. The number of ether oxygens (including phenoxy) is 2. The monoisotopic (exact) mass is 384 g/mol. The van der Waals surface area contributed by atoms with Gasteiger partial charge in [-0.2, -0.15) is 0 Å². The summed E-state index contributed by atoms with van der Waals surface area (Å²) in [6.07, 6.45) is -0.0476. The van der Waals surface area contributed by atoms with E-state index < -0.39 is 0 Å². The summed E-state index contributed by atoms with van der Waals surface area (Å²) in [5.41, 5.74) is 1.27. The first-order chi connectivity index (χ1) is 13.5. The number of hydrogen-bond donors (Lipinski definition) is 2. The van der Waals surface area contributed by atoms with Crippen molar-refractivity contribution in [2.75, 3.05) is 41.3 Å². The molecule has 0 aliphatic rings. The molecule has 0 aliphatic carbocycles. The number of nitrogens with one attached hydrogen (secondary N) is 2. The molecule has 2 atom stereocenters. The Morgan fingerprint density at radius 2 is 1.57 bits per heavy atom. The SMILES string of the molecule is CN=C(NCC(C)Oc1ccccc1OC)NCC(c1ccccc1)N(C)C. The van der Waals surface area contributed by atoms with Crippen molar-refractivity contribution in [3.05, 3.63) is 60.2 Å². The van der Waals surface area contributed by atoms with Gasteiger partial charge in [-0.25, -0.2) is 0 Å². The maximum atomic E-state index is 5.99. The van der Waals surface area contributed by atoms with E-state index in [1.807, 2.05) is 37.3 Å². The topological polar surface area (TPSA) is 58.1 Å². The molecule has 152 valence electrons. The van der Waals surface area contributed by atoms with E-state index in [9.17, 15) is 0 Å². The Morgan fingerprint density at radius 1 is 0.964 bits per heavy atom. The fourth-order valence-electron chi connectivity index (χ4n) is 2.90. The van der Waals surface area contributed by atoms with Crippen LogP contribution in [0.25, 0.3) is 0 Å². The fraction of sp³-hybridized carbons (Fsp3) is 0.409. The molecule has 0 saturated heterocycles. The number of guanidine groups is 1. The van der Waals surface area contributed by atoms with Crippen LogP contribution in [0.1, 0.15) is 18.5 Å². The van der Waals surface area contributed by atoms with Gasteiger partial charge in [0.05, 0.1) is 19.7 Å². The van der Waals surface area contributed by atoms with Crippen LogP contribution in [0.15, 0.2) is 59.6 Å². The molecule has 2 aromatic carbocycles. The third-order valence-electron chi connectivity index (χ3n) is 4.45. The lowest BCUT2D eigenvalue weighted by Gasteiger charge is -2.26. The largest absolute Gasteiger partial charge is 0.493 e. The molecule has 2 aromatic rings. The molecule has 0 heterocycles. The minimum Gasteiger partial charge on any atom is -0.493 e. The zero-order chi connectivity index (χ0) is 20.4. The number of aliphatic imine (C=N–C) groups is 1. The zero-order valence-corrected chi connectivity index (χ0v) is 17.5. The number of para-hydroxylation sites is 2. The third kappa shape index (κ3) is 6.46. The highest BCUT2D eigenvalue weighted by Crippen LogP contribution is 2.26. The van der Waals surface area contributed by atoms with Crippen molar-refractivity contribution in [2.45, 2.75) is 19.1 Å². The van der Waals surface area contributed by atoms with Gasteiger partial charge in [-0.05, 0) is 38.7 Å². The molecule has 0 aromatic heterocycles. The van der Waals surface area contributed by atoms with E-state index in [2.05, 4.69) is 58.9 Å². The third-order valence-corrected chi connectivity index (χ3v) is 4.45. The summed E-state index contributed by atoms with van der Waals surface area (Å²) in [5, 5.41) is 6.74. The summed E-state index contributed by atoms with van der Waals surface area (Å²) in [4.78, 5) is 6.52. The van der Waals surface area contributed by atoms with E-state index in [0.29, 0.717) is 6.54 Å². The summed E-state index contributed by atoms with van der Waals surface area (Å²) in [6, 6.07) is 18.4. The number of nitrogens with zero attached hydrogens (tertiary/aromatic N) is 2. The average Bonchev–Trinajstić information content (AvgIpc) is 2.71. The molecule has 0 bridgehead atoms. The molecule has 0 amide bonds. The Kier molecular flexibility index (Phi) is 8.62. The van der Waals surface area contributed by atoms with Crippen molar-refractivity contribution in [3.63, 3.8) is 0 Å². The van der Waals surface area contributed by atoms with Crippen LogP contribution in [0.3, 0.4) is 0 Å². The summed E-state index contributed by atoms with van der Waals surface area (Å²) in [6.45, 7) is 3.38. The summed E-state index contributed by atoms with van der Waals surface area (Å²) >= 11 is 0. The van der Waals surface area contributed by atoms with Crippen LogP contribution in [0.2, 0.25) is 0 Å². The molecular weight excluding hydrogens is 352 g/mol. The van der Waals surface area contributed by atoms with Gasteiger partial charge in [0.15, 0.2) is 17.5 Å². The van der Waals surface area contributed by atoms with Crippen LogP contribution < -0.4 is 20.1 Å². The average molecular weight is 385 g/mol. The van der Waals surface area contributed by atoms with E-state index in [-0.39, 0.29) is 12.1 Å². The predicted octanol–water partition coefficient (Wildman–Crippen LogP) is 2.93. The van der Waals surface area contributed by atoms with Crippen LogP contribution in [-0.2, 0) is 0 Å². The van der Waals surface area contributed by atoms with Crippen molar-refractivity contribution < 1.29 is 9.47 Å². The van der Waals surface area contributed by atoms with E-state index >= 15 is 0 Å². The summed E-state index contributed by atoms with van der Waals surface area (Å²) < 4.78 is 11.3. The van der Waals surface area contributed by atoms with Gasteiger partial charge in [0.1, 0.15) is 6.10 Å². The number of hydrogen-bond acceptors (Lipinski definition) is 4. The van der Waals surface area contributed by atoms with Crippen LogP contribution >= 0.6 is 0 Å². The van der Waals surface area contributed by atoms with Gasteiger partial charge in [-0.1, -0.05) is 42.5 Å². The second-order valence-corrected chi connectivity index (χ2v) is 6.80. The van der Waals surface area contributed by atoms with E-state index in [0.717, 1.165) is 24.0 Å². The molecule has 2 N–H and O–H groups in total. The molecule has 2 unspecified atom stereocenters. The van der Waals surface area contributed by atoms with Gasteiger partial charge in [0.25, 0.3) is 0 Å². The van der Waals surface area contributed by atoms with Gasteiger partial charge >= 0.3 is 0 Å². The van der Waals surface area contributed by atoms with E-state index in [1.54, 1.807) is 14.2 Å². The molecule has 0 radical (unpaired) electrons. The molecule has 0 saturated carbocycles. The molecule has 0 aliphatic heterocycles. The lowest BCUT2D eigenvalue weighted by atomic mass is 10.1. The molecule has 0 spiro atoms. The predicted molar refractivity (Wildman–Crippen MR) is 115 cm³/mol. The summed E-state index contributed by atoms with van der Waals surface area (Å²) in [7, 11) is 7.58. The normalized spacial score (nSPS) is 13.7. The standard InChI is InChI=1S/C22H32N4O2/c1-17(28-21-14-10-9-13-20(21)27-5)15-24-22(23-2)25-16-19(26(3)4)18-11-7-6-8-12-18/h6-14,17,19H,15-16H2,1-5H3,(H2,23,24,25). The Hall–Kier alpha value is -2.73. The molecule has 6 heteroatoms. The first-order valence-corrected chi connectivity index (χ1v) is 9.50. The second kappa shape index (κ2) is 11.2.